The second kappa shape index (κ2) is 4.47. The molecule has 6 heteroatoms. The SMILES string of the molecule is Cc1cc(O)c2ccc(NCS(=O)(=O)O)cc2c1. The van der Waals surface area contributed by atoms with Crippen molar-refractivity contribution in [2.24, 2.45) is 0 Å². The van der Waals surface area contributed by atoms with Crippen LogP contribution in [0.1, 0.15) is 5.56 Å². The van der Waals surface area contributed by atoms with Crippen molar-refractivity contribution in [1.29, 1.82) is 0 Å². The van der Waals surface area contributed by atoms with Gasteiger partial charge >= 0.3 is 0 Å². The molecule has 0 aliphatic carbocycles. The van der Waals surface area contributed by atoms with Crippen LogP contribution in [0.4, 0.5) is 5.69 Å². The summed E-state index contributed by atoms with van der Waals surface area (Å²) in [6.45, 7) is 1.86. The maximum absolute atomic E-state index is 10.6. The molecule has 0 aliphatic heterocycles. The molecule has 0 spiro atoms. The molecule has 18 heavy (non-hydrogen) atoms. The van der Waals surface area contributed by atoms with Gasteiger partial charge in [-0.2, -0.15) is 8.42 Å². The lowest BCUT2D eigenvalue weighted by atomic mass is 10.1. The second-order valence-corrected chi connectivity index (χ2v) is 5.58. The van der Waals surface area contributed by atoms with Crippen LogP contribution in [0.5, 0.6) is 5.75 Å². The lowest BCUT2D eigenvalue weighted by Gasteiger charge is -2.07. The van der Waals surface area contributed by atoms with Crippen molar-refractivity contribution in [2.45, 2.75) is 6.92 Å². The Bertz CT molecular complexity index is 695. The Morgan fingerprint density at radius 1 is 1.22 bits per heavy atom. The van der Waals surface area contributed by atoms with E-state index in [-0.39, 0.29) is 5.75 Å². The summed E-state index contributed by atoms with van der Waals surface area (Å²) in [6.07, 6.45) is 0. The number of anilines is 1. The second-order valence-electron chi connectivity index (χ2n) is 4.12. The van der Waals surface area contributed by atoms with E-state index in [0.717, 1.165) is 10.9 Å². The molecule has 0 atom stereocenters. The van der Waals surface area contributed by atoms with Crippen LogP contribution in [0.15, 0.2) is 30.3 Å². The van der Waals surface area contributed by atoms with E-state index in [1.54, 1.807) is 24.3 Å². The third-order valence-electron chi connectivity index (χ3n) is 2.53. The maximum atomic E-state index is 10.6. The maximum Gasteiger partial charge on any atom is 0.283 e. The van der Waals surface area contributed by atoms with Gasteiger partial charge in [0, 0.05) is 11.1 Å². The Kier molecular flexibility index (Phi) is 3.14. The summed E-state index contributed by atoms with van der Waals surface area (Å²) in [6, 6.07) is 8.59. The number of fused-ring (bicyclic) bond motifs is 1. The van der Waals surface area contributed by atoms with Crippen molar-refractivity contribution in [3.8, 4) is 5.75 Å². The van der Waals surface area contributed by atoms with E-state index in [1.807, 2.05) is 13.0 Å². The number of hydrogen-bond acceptors (Lipinski definition) is 4. The van der Waals surface area contributed by atoms with Crippen LogP contribution in [0.2, 0.25) is 0 Å². The van der Waals surface area contributed by atoms with E-state index in [1.165, 1.54) is 0 Å². The molecule has 0 heterocycles. The molecule has 2 rings (SSSR count). The predicted molar refractivity (Wildman–Crippen MR) is 70.4 cm³/mol. The first-order valence-electron chi connectivity index (χ1n) is 5.27. The number of aryl methyl sites for hydroxylation is 1. The van der Waals surface area contributed by atoms with Gasteiger partial charge in [-0.05, 0) is 42.1 Å². The third-order valence-corrected chi connectivity index (χ3v) is 3.04. The molecular weight excluding hydrogens is 254 g/mol. The van der Waals surface area contributed by atoms with E-state index < -0.39 is 16.0 Å². The molecule has 96 valence electrons. The lowest BCUT2D eigenvalue weighted by Crippen LogP contribution is -2.12. The molecule has 0 amide bonds. The first kappa shape index (κ1) is 12.7. The quantitative estimate of drug-likeness (QED) is 0.741. The standard InChI is InChI=1S/C12H13NO4S/c1-8-4-9-6-10(13-7-18(15,16)17)2-3-11(9)12(14)5-8/h2-6,13-14H,7H2,1H3,(H,15,16,17). The van der Waals surface area contributed by atoms with E-state index in [4.69, 9.17) is 4.55 Å². The molecule has 2 aromatic rings. The first-order chi connectivity index (χ1) is 8.35. The molecule has 5 nitrogen and oxygen atoms in total. The van der Waals surface area contributed by atoms with Gasteiger partial charge < -0.3 is 10.4 Å². The van der Waals surface area contributed by atoms with Crippen molar-refractivity contribution in [3.63, 3.8) is 0 Å². The fourth-order valence-corrected chi connectivity index (χ4v) is 2.13. The van der Waals surface area contributed by atoms with Gasteiger partial charge in [-0.3, -0.25) is 4.55 Å². The molecule has 0 saturated heterocycles. The Hall–Kier alpha value is -1.79. The molecule has 3 N–H and O–H groups in total. The third kappa shape index (κ3) is 2.91. The van der Waals surface area contributed by atoms with Gasteiger partial charge in [-0.1, -0.05) is 6.07 Å². The Balaban J connectivity index is 2.38. The fourth-order valence-electron chi connectivity index (χ4n) is 1.78. The van der Waals surface area contributed by atoms with Crippen LogP contribution in [-0.2, 0) is 10.1 Å². The molecule has 0 fully saturated rings. The van der Waals surface area contributed by atoms with Gasteiger partial charge in [-0.25, -0.2) is 0 Å². The van der Waals surface area contributed by atoms with Gasteiger partial charge in [0.05, 0.1) is 0 Å². The molecule has 0 radical (unpaired) electrons. The van der Waals surface area contributed by atoms with Crippen molar-refractivity contribution in [3.05, 3.63) is 35.9 Å². The molecule has 0 bridgehead atoms. The molecular formula is C12H13NO4S. The van der Waals surface area contributed by atoms with Crippen LogP contribution in [-0.4, -0.2) is 24.0 Å². The highest BCUT2D eigenvalue weighted by Gasteiger charge is 2.05. The molecule has 0 unspecified atom stereocenters. The fraction of sp³-hybridized carbons (Fsp3) is 0.167. The minimum Gasteiger partial charge on any atom is -0.507 e. The van der Waals surface area contributed by atoms with Gasteiger partial charge in [-0.15, -0.1) is 0 Å². The molecule has 0 aromatic heterocycles. The average molecular weight is 267 g/mol. The van der Waals surface area contributed by atoms with E-state index in [9.17, 15) is 13.5 Å². The van der Waals surface area contributed by atoms with Crippen LogP contribution >= 0.6 is 0 Å². The summed E-state index contributed by atoms with van der Waals surface area (Å²) < 4.78 is 29.9. The van der Waals surface area contributed by atoms with Crippen LogP contribution in [0, 0.1) is 6.92 Å². The van der Waals surface area contributed by atoms with Crippen LogP contribution < -0.4 is 5.32 Å². The molecule has 0 saturated carbocycles. The summed E-state index contributed by atoms with van der Waals surface area (Å²) >= 11 is 0. The zero-order chi connectivity index (χ0) is 13.3. The van der Waals surface area contributed by atoms with Crippen molar-refractivity contribution in [1.82, 2.24) is 0 Å². The van der Waals surface area contributed by atoms with Crippen LogP contribution in [0.3, 0.4) is 0 Å². The summed E-state index contributed by atoms with van der Waals surface area (Å²) in [5.74, 6) is -0.359. The normalized spacial score (nSPS) is 11.7. The molecule has 0 aliphatic rings. The Labute approximate surface area is 105 Å². The van der Waals surface area contributed by atoms with E-state index >= 15 is 0 Å². The molecule has 2 aromatic carbocycles. The zero-order valence-corrected chi connectivity index (χ0v) is 10.5. The average Bonchev–Trinajstić information content (AvgIpc) is 2.24. The Morgan fingerprint density at radius 2 is 1.94 bits per heavy atom. The highest BCUT2D eigenvalue weighted by atomic mass is 32.2. The van der Waals surface area contributed by atoms with Crippen LogP contribution in [0.25, 0.3) is 10.8 Å². The summed E-state index contributed by atoms with van der Waals surface area (Å²) in [5.41, 5.74) is 1.47. The number of aromatic hydroxyl groups is 1. The largest absolute Gasteiger partial charge is 0.507 e. The highest BCUT2D eigenvalue weighted by molar-refractivity contribution is 7.85. The minimum atomic E-state index is -4.05. The van der Waals surface area contributed by atoms with Gasteiger partial charge in [0.1, 0.15) is 11.6 Å². The minimum absolute atomic E-state index is 0.186. The zero-order valence-electron chi connectivity index (χ0n) is 9.71. The van der Waals surface area contributed by atoms with Gasteiger partial charge in [0.2, 0.25) is 0 Å². The summed E-state index contributed by atoms with van der Waals surface area (Å²) in [7, 11) is -4.05. The lowest BCUT2D eigenvalue weighted by molar-refractivity contribution is 0.481. The monoisotopic (exact) mass is 267 g/mol. The summed E-state index contributed by atoms with van der Waals surface area (Å²) in [4.78, 5) is 0. The highest BCUT2D eigenvalue weighted by Crippen LogP contribution is 2.28. The van der Waals surface area contributed by atoms with Crippen molar-refractivity contribution in [2.75, 3.05) is 11.2 Å². The number of phenols is 1. The number of phenolic OH excluding ortho intramolecular Hbond substituents is 1. The number of rotatable bonds is 3. The predicted octanol–water partition coefficient (Wildman–Crippen LogP) is 2.11. The number of nitrogens with one attached hydrogen (secondary N) is 1. The van der Waals surface area contributed by atoms with E-state index in [0.29, 0.717) is 11.1 Å². The smallest absolute Gasteiger partial charge is 0.283 e. The first-order valence-corrected chi connectivity index (χ1v) is 6.88. The van der Waals surface area contributed by atoms with Gasteiger partial charge in [0.15, 0.2) is 0 Å². The van der Waals surface area contributed by atoms with Crippen molar-refractivity contribution < 1.29 is 18.1 Å². The number of hydrogen-bond donors (Lipinski definition) is 3. The van der Waals surface area contributed by atoms with E-state index in [2.05, 4.69) is 5.32 Å². The number of benzene rings is 2. The summed E-state index contributed by atoms with van der Waals surface area (Å²) in [5, 5.41) is 13.8. The van der Waals surface area contributed by atoms with Gasteiger partial charge in [0.25, 0.3) is 10.1 Å². The topological polar surface area (TPSA) is 86.6 Å². The van der Waals surface area contributed by atoms with Crippen molar-refractivity contribution >= 4 is 26.6 Å². The Morgan fingerprint density at radius 3 is 2.61 bits per heavy atom.